The predicted octanol–water partition coefficient (Wildman–Crippen LogP) is 6.38. The maximum Gasteiger partial charge on any atom is 0.243 e. The minimum atomic E-state index is -0.462. The van der Waals surface area contributed by atoms with Crippen molar-refractivity contribution in [3.05, 3.63) is 65.1 Å². The second kappa shape index (κ2) is 22.2. The van der Waals surface area contributed by atoms with E-state index in [9.17, 15) is 19.2 Å². The van der Waals surface area contributed by atoms with E-state index in [1.807, 2.05) is 36.8 Å². The van der Waals surface area contributed by atoms with Crippen LogP contribution >= 0.6 is 11.3 Å². The van der Waals surface area contributed by atoms with Crippen LogP contribution in [-0.2, 0) is 25.7 Å². The van der Waals surface area contributed by atoms with E-state index < -0.39 is 12.1 Å². The lowest BCUT2D eigenvalue weighted by molar-refractivity contribution is -0.142. The highest BCUT2D eigenvalue weighted by molar-refractivity contribution is 7.13. The molecule has 0 spiro atoms. The quantitative estimate of drug-likeness (QED) is 0.104. The number of amides is 3. The van der Waals surface area contributed by atoms with Crippen molar-refractivity contribution in [2.45, 2.75) is 122 Å². The van der Waals surface area contributed by atoms with Crippen LogP contribution in [-0.4, -0.2) is 114 Å². The average Bonchev–Trinajstić information content (AvgIpc) is 3.97. The number of aldehydes is 1. The van der Waals surface area contributed by atoms with E-state index in [1.54, 1.807) is 27.3 Å². The number of carbonyl (C=O) groups excluding carboxylic acids is 4. The van der Waals surface area contributed by atoms with Gasteiger partial charge in [-0.3, -0.25) is 19.4 Å². The summed E-state index contributed by atoms with van der Waals surface area (Å²) in [6.45, 7) is 13.1. The molecule has 3 aromatic rings. The Hall–Kier alpha value is -4.20. The second-order valence-electron chi connectivity index (χ2n) is 17.1. The van der Waals surface area contributed by atoms with E-state index in [4.69, 9.17) is 4.74 Å². The molecule has 3 aliphatic rings. The Morgan fingerprint density at radius 2 is 1.79 bits per heavy atom. The van der Waals surface area contributed by atoms with Crippen LogP contribution in [0.15, 0.2) is 48.2 Å². The van der Waals surface area contributed by atoms with E-state index in [0.717, 1.165) is 83.9 Å². The van der Waals surface area contributed by atoms with Crippen LogP contribution in [0, 0.1) is 12.3 Å². The fraction of sp³-hybridized carbons (Fsp3) is 0.600. The SMILES string of the molecule is CN1CCCC1CCCCC=O.Cc1ncsc1-c1ccc(CNC(=O)C2CCCN2C(=O)C(NCCCCOc2ccncc2C2CN(C=O)C2)C(C)(C)C)cc1. The minimum absolute atomic E-state index is 0.0167. The highest BCUT2D eigenvalue weighted by Crippen LogP contribution is 2.32. The van der Waals surface area contributed by atoms with Crippen molar-refractivity contribution >= 4 is 35.8 Å². The van der Waals surface area contributed by atoms with Crippen LogP contribution in [0.2, 0.25) is 0 Å². The zero-order valence-electron chi connectivity index (χ0n) is 35.3. The van der Waals surface area contributed by atoms with Crippen molar-refractivity contribution in [1.29, 1.82) is 0 Å². The normalized spacial score (nSPS) is 18.9. The molecule has 0 aliphatic carbocycles. The number of carbonyl (C=O) groups is 4. The molecule has 13 heteroatoms. The Labute approximate surface area is 349 Å². The van der Waals surface area contributed by atoms with Crippen LogP contribution in [0.3, 0.4) is 0 Å². The number of nitrogens with zero attached hydrogens (tertiary/aromatic N) is 5. The van der Waals surface area contributed by atoms with Crippen molar-refractivity contribution in [1.82, 2.24) is 35.3 Å². The molecule has 3 fully saturated rings. The number of thiazole rings is 1. The highest BCUT2D eigenvalue weighted by atomic mass is 32.1. The Kier molecular flexibility index (Phi) is 17.2. The highest BCUT2D eigenvalue weighted by Gasteiger charge is 2.41. The lowest BCUT2D eigenvalue weighted by Gasteiger charge is -2.37. The number of aromatic nitrogens is 2. The summed E-state index contributed by atoms with van der Waals surface area (Å²) in [5, 5.41) is 6.58. The van der Waals surface area contributed by atoms with Crippen molar-refractivity contribution in [3.8, 4) is 16.2 Å². The van der Waals surface area contributed by atoms with Gasteiger partial charge in [-0.25, -0.2) is 4.98 Å². The van der Waals surface area contributed by atoms with Gasteiger partial charge in [0.05, 0.1) is 28.7 Å². The van der Waals surface area contributed by atoms with Gasteiger partial charge in [0.25, 0.3) is 0 Å². The molecule has 0 radical (unpaired) electrons. The summed E-state index contributed by atoms with van der Waals surface area (Å²) in [5.74, 6) is 0.963. The molecule has 3 amide bonds. The maximum atomic E-state index is 13.9. The van der Waals surface area contributed by atoms with Gasteiger partial charge in [0.2, 0.25) is 18.2 Å². The van der Waals surface area contributed by atoms with Crippen molar-refractivity contribution in [2.24, 2.45) is 5.41 Å². The summed E-state index contributed by atoms with van der Waals surface area (Å²) in [4.78, 5) is 63.9. The predicted molar refractivity (Wildman–Crippen MR) is 230 cm³/mol. The van der Waals surface area contributed by atoms with Crippen molar-refractivity contribution < 1.29 is 23.9 Å². The van der Waals surface area contributed by atoms with Gasteiger partial charge in [-0.15, -0.1) is 11.3 Å². The standard InChI is InChI=1S/C35H46N6O4S.C10H19NO/c1-24-31(46-22-39-24)26-11-9-25(10-12-26)18-38-33(43)29-8-7-16-41(29)34(44)32(35(2,3)4)37-14-5-6-17-45-30-13-15-36-19-28(30)27-20-40(21-27)23-42;1-11-8-5-7-10(11)6-3-2-4-9-12/h9-13,15,19,22-23,27,29,32,37H,5-8,14,16-18,20-21H2,1-4H3,(H,38,43);9-10H,2-8H2,1H3. The molecule has 6 rings (SSSR count). The molecule has 3 saturated heterocycles. The number of benzene rings is 1. The molecule has 3 aliphatic heterocycles. The van der Waals surface area contributed by atoms with E-state index in [0.29, 0.717) is 45.8 Å². The summed E-state index contributed by atoms with van der Waals surface area (Å²) in [6.07, 6.45) is 15.6. The Balaban J connectivity index is 0.000000458. The molecule has 12 nitrogen and oxygen atoms in total. The molecule has 58 heavy (non-hydrogen) atoms. The van der Waals surface area contributed by atoms with Crippen LogP contribution in [0.4, 0.5) is 0 Å². The van der Waals surface area contributed by atoms with Crippen LogP contribution in [0.5, 0.6) is 5.75 Å². The van der Waals surface area contributed by atoms with Crippen molar-refractivity contribution in [3.63, 3.8) is 0 Å². The molecule has 5 heterocycles. The first-order valence-electron chi connectivity index (χ1n) is 21.2. The zero-order chi connectivity index (χ0) is 41.5. The zero-order valence-corrected chi connectivity index (χ0v) is 36.1. The molecule has 3 unspecified atom stereocenters. The summed E-state index contributed by atoms with van der Waals surface area (Å²) < 4.78 is 6.09. The Morgan fingerprint density at radius 3 is 2.47 bits per heavy atom. The largest absolute Gasteiger partial charge is 0.493 e. The van der Waals surface area contributed by atoms with Gasteiger partial charge in [-0.1, -0.05) is 51.5 Å². The van der Waals surface area contributed by atoms with E-state index in [1.165, 1.54) is 32.2 Å². The molecular formula is C45H65N7O5S. The van der Waals surface area contributed by atoms with Crippen molar-refractivity contribution in [2.75, 3.05) is 46.4 Å². The summed E-state index contributed by atoms with van der Waals surface area (Å²) >= 11 is 1.62. The monoisotopic (exact) mass is 815 g/mol. The molecule has 2 aromatic heterocycles. The molecule has 3 atom stereocenters. The van der Waals surface area contributed by atoms with Gasteiger partial charge in [0.1, 0.15) is 18.1 Å². The van der Waals surface area contributed by atoms with E-state index >= 15 is 0 Å². The second-order valence-corrected chi connectivity index (χ2v) is 17.9. The van der Waals surface area contributed by atoms with Gasteiger partial charge < -0.3 is 34.9 Å². The Bertz CT molecular complexity index is 1760. The summed E-state index contributed by atoms with van der Waals surface area (Å²) in [6, 6.07) is 10.0. The number of likely N-dealkylation sites (tertiary alicyclic amines) is 3. The summed E-state index contributed by atoms with van der Waals surface area (Å²) in [5.41, 5.74) is 5.73. The maximum absolute atomic E-state index is 13.9. The molecule has 1 aromatic carbocycles. The molecule has 0 saturated carbocycles. The van der Waals surface area contributed by atoms with Gasteiger partial charge in [0.15, 0.2) is 0 Å². The molecule has 316 valence electrons. The third-order valence-electron chi connectivity index (χ3n) is 11.6. The number of aryl methyl sites for hydroxylation is 1. The van der Waals surface area contributed by atoms with E-state index in [-0.39, 0.29) is 23.1 Å². The Morgan fingerprint density at radius 1 is 1.02 bits per heavy atom. The van der Waals surface area contributed by atoms with Crippen LogP contribution in [0.25, 0.3) is 10.4 Å². The van der Waals surface area contributed by atoms with Gasteiger partial charge in [-0.2, -0.15) is 0 Å². The smallest absolute Gasteiger partial charge is 0.243 e. The lowest BCUT2D eigenvalue weighted by Crippen LogP contribution is -2.56. The third-order valence-corrected chi connectivity index (χ3v) is 12.6. The number of unbranched alkanes of at least 4 members (excludes halogenated alkanes) is 3. The van der Waals surface area contributed by atoms with Crippen LogP contribution < -0.4 is 15.4 Å². The topological polar surface area (TPSA) is 137 Å². The fourth-order valence-electron chi connectivity index (χ4n) is 8.13. The number of hydrogen-bond acceptors (Lipinski definition) is 10. The average molecular weight is 816 g/mol. The van der Waals surface area contributed by atoms with Crippen LogP contribution in [0.1, 0.15) is 108 Å². The number of hydrogen-bond donors (Lipinski definition) is 2. The molecule has 2 N–H and O–H groups in total. The van der Waals surface area contributed by atoms with Gasteiger partial charge in [0, 0.05) is 62.5 Å². The number of rotatable bonds is 19. The fourth-order valence-corrected chi connectivity index (χ4v) is 8.94. The first-order valence-corrected chi connectivity index (χ1v) is 22.1. The van der Waals surface area contributed by atoms with Gasteiger partial charge >= 0.3 is 0 Å². The van der Waals surface area contributed by atoms with E-state index in [2.05, 4.69) is 65.5 Å². The minimum Gasteiger partial charge on any atom is -0.493 e. The molecule has 0 bridgehead atoms. The first kappa shape index (κ1) is 44.9. The number of nitrogens with one attached hydrogen (secondary N) is 2. The molecular weight excluding hydrogens is 751 g/mol. The first-order chi connectivity index (χ1) is 28.0. The lowest BCUT2D eigenvalue weighted by atomic mass is 9.85. The number of ether oxygens (including phenoxy) is 1. The summed E-state index contributed by atoms with van der Waals surface area (Å²) in [7, 11) is 2.21. The van der Waals surface area contributed by atoms with Gasteiger partial charge in [-0.05, 0) is 101 Å². The third kappa shape index (κ3) is 12.6. The number of pyridine rings is 1.